The largest absolute Gasteiger partial charge is 0.390 e. The van der Waals surface area contributed by atoms with Gasteiger partial charge in [0.05, 0.1) is 5.60 Å². The van der Waals surface area contributed by atoms with Crippen molar-refractivity contribution in [1.82, 2.24) is 0 Å². The number of fused-ring (bicyclic) bond motifs is 1. The van der Waals surface area contributed by atoms with Gasteiger partial charge >= 0.3 is 0 Å². The molecule has 2 aliphatic rings. The van der Waals surface area contributed by atoms with Crippen molar-refractivity contribution in [1.29, 1.82) is 0 Å². The summed E-state index contributed by atoms with van der Waals surface area (Å²) in [6.07, 6.45) is 5.87. The number of aliphatic hydroxyl groups is 1. The highest BCUT2D eigenvalue weighted by Gasteiger charge is 2.46. The van der Waals surface area contributed by atoms with Gasteiger partial charge in [0.15, 0.2) is 0 Å². The van der Waals surface area contributed by atoms with Gasteiger partial charge in [-0.3, -0.25) is 0 Å². The molecule has 0 unspecified atom stereocenters. The van der Waals surface area contributed by atoms with Gasteiger partial charge in [0, 0.05) is 0 Å². The maximum absolute atomic E-state index is 10.6. The average Bonchev–Trinajstić information content (AvgIpc) is 2.47. The minimum absolute atomic E-state index is 0.431. The van der Waals surface area contributed by atoms with Gasteiger partial charge in [0.25, 0.3) is 0 Å². The molecule has 5 atom stereocenters. The molecule has 0 spiro atoms. The smallest absolute Gasteiger partial charge is 0.0650 e. The van der Waals surface area contributed by atoms with Crippen molar-refractivity contribution < 1.29 is 5.11 Å². The minimum atomic E-state index is -0.431. The monoisotopic (exact) mass is 222 g/mol. The molecule has 16 heavy (non-hydrogen) atoms. The molecule has 92 valence electrons. The van der Waals surface area contributed by atoms with Crippen LogP contribution in [0.3, 0.4) is 0 Å². The Balaban J connectivity index is 2.21. The summed E-state index contributed by atoms with van der Waals surface area (Å²) in [5.41, 5.74) is 0.884. The van der Waals surface area contributed by atoms with Crippen LogP contribution in [0.1, 0.15) is 52.9 Å². The van der Waals surface area contributed by atoms with Crippen LogP contribution in [0.4, 0.5) is 0 Å². The lowest BCUT2D eigenvalue weighted by Crippen LogP contribution is -2.36. The maximum Gasteiger partial charge on any atom is 0.0650 e. The summed E-state index contributed by atoms with van der Waals surface area (Å²) < 4.78 is 0. The first-order valence-electron chi connectivity index (χ1n) is 6.79. The normalized spacial score (nSPS) is 48.5. The fourth-order valence-electron chi connectivity index (χ4n) is 3.98. The van der Waals surface area contributed by atoms with Crippen molar-refractivity contribution in [2.24, 2.45) is 23.7 Å². The molecule has 0 aromatic rings. The van der Waals surface area contributed by atoms with Gasteiger partial charge in [0.2, 0.25) is 0 Å². The predicted octanol–water partition coefficient (Wildman–Crippen LogP) is 3.78. The van der Waals surface area contributed by atoms with E-state index in [2.05, 4.69) is 27.4 Å². The van der Waals surface area contributed by atoms with E-state index in [0.29, 0.717) is 11.8 Å². The summed E-state index contributed by atoms with van der Waals surface area (Å²) >= 11 is 0. The summed E-state index contributed by atoms with van der Waals surface area (Å²) in [6.45, 7) is 10.7. The average molecular weight is 222 g/mol. The van der Waals surface area contributed by atoms with E-state index in [1.807, 2.05) is 0 Å². The molecule has 0 aromatic carbocycles. The summed E-state index contributed by atoms with van der Waals surface area (Å²) in [7, 11) is 0. The van der Waals surface area contributed by atoms with E-state index >= 15 is 0 Å². The number of hydrogen-bond acceptors (Lipinski definition) is 1. The van der Waals surface area contributed by atoms with Gasteiger partial charge in [-0.05, 0) is 63.2 Å². The van der Waals surface area contributed by atoms with Gasteiger partial charge in [0.1, 0.15) is 0 Å². The Labute approximate surface area is 99.9 Å². The molecule has 2 saturated carbocycles. The molecule has 2 fully saturated rings. The van der Waals surface area contributed by atoms with Crippen LogP contribution in [0.2, 0.25) is 0 Å². The van der Waals surface area contributed by atoms with Gasteiger partial charge in [-0.15, -0.1) is 0 Å². The highest BCUT2D eigenvalue weighted by atomic mass is 16.3. The second-order valence-corrected chi connectivity index (χ2v) is 6.50. The van der Waals surface area contributed by atoms with E-state index in [4.69, 9.17) is 0 Å². The Morgan fingerprint density at radius 1 is 1.31 bits per heavy atom. The third kappa shape index (κ3) is 2.07. The predicted molar refractivity (Wildman–Crippen MR) is 68.2 cm³/mol. The molecule has 2 rings (SSSR count). The van der Waals surface area contributed by atoms with E-state index in [0.717, 1.165) is 24.7 Å². The third-order valence-electron chi connectivity index (χ3n) is 5.23. The summed E-state index contributed by atoms with van der Waals surface area (Å²) in [4.78, 5) is 0. The number of allylic oxidation sites excluding steroid dienone is 1. The Morgan fingerprint density at radius 2 is 2.00 bits per heavy atom. The Morgan fingerprint density at radius 3 is 2.62 bits per heavy atom. The Bertz CT molecular complexity index is 279. The van der Waals surface area contributed by atoms with Crippen molar-refractivity contribution in [3.05, 3.63) is 12.2 Å². The van der Waals surface area contributed by atoms with Crippen molar-refractivity contribution in [3.63, 3.8) is 0 Å². The third-order valence-corrected chi connectivity index (χ3v) is 5.23. The van der Waals surface area contributed by atoms with Crippen molar-refractivity contribution >= 4 is 0 Å². The van der Waals surface area contributed by atoms with Gasteiger partial charge in [-0.2, -0.15) is 0 Å². The number of rotatable bonds is 1. The van der Waals surface area contributed by atoms with E-state index in [1.54, 1.807) is 0 Å². The first-order valence-corrected chi connectivity index (χ1v) is 6.79. The van der Waals surface area contributed by atoms with Gasteiger partial charge in [-0.25, -0.2) is 0 Å². The standard InChI is InChI=1S/C15H26O/c1-10(2)12-7-8-15(4,16)14-6-5-11(3)13(14)9-12/h11-14,16H,1,5-9H2,2-4H3/t11-,12+,13-,14+,15-/m1/s1. The molecule has 1 N–H and O–H groups in total. The van der Waals surface area contributed by atoms with Crippen LogP contribution in [-0.2, 0) is 0 Å². The molecule has 0 aliphatic heterocycles. The molecular weight excluding hydrogens is 196 g/mol. The minimum Gasteiger partial charge on any atom is -0.390 e. The fourth-order valence-corrected chi connectivity index (χ4v) is 3.98. The SMILES string of the molecule is C=C(C)[C@H]1CC[C@@](C)(O)[C@H]2CC[C@@H](C)[C@H]2C1. The van der Waals surface area contributed by atoms with Crippen molar-refractivity contribution in [2.45, 2.75) is 58.5 Å². The molecule has 0 saturated heterocycles. The quantitative estimate of drug-likeness (QED) is 0.669. The van der Waals surface area contributed by atoms with Crippen LogP contribution >= 0.6 is 0 Å². The lowest BCUT2D eigenvalue weighted by atomic mass is 9.77. The lowest BCUT2D eigenvalue weighted by Gasteiger charge is -2.33. The Kier molecular flexibility index (Phi) is 3.18. The van der Waals surface area contributed by atoms with Crippen LogP contribution in [-0.4, -0.2) is 10.7 Å². The first-order chi connectivity index (χ1) is 7.42. The van der Waals surface area contributed by atoms with Crippen LogP contribution in [0.25, 0.3) is 0 Å². The van der Waals surface area contributed by atoms with Gasteiger partial charge < -0.3 is 5.11 Å². The second kappa shape index (κ2) is 4.18. The topological polar surface area (TPSA) is 20.2 Å². The van der Waals surface area contributed by atoms with E-state index in [9.17, 15) is 5.11 Å². The summed E-state index contributed by atoms with van der Waals surface area (Å²) in [6, 6.07) is 0. The first kappa shape index (κ1) is 12.2. The zero-order valence-corrected chi connectivity index (χ0v) is 11.0. The maximum atomic E-state index is 10.6. The molecule has 2 aliphatic carbocycles. The van der Waals surface area contributed by atoms with E-state index in [1.165, 1.54) is 24.8 Å². The van der Waals surface area contributed by atoms with Crippen LogP contribution in [0.5, 0.6) is 0 Å². The van der Waals surface area contributed by atoms with Crippen LogP contribution in [0.15, 0.2) is 12.2 Å². The summed E-state index contributed by atoms with van der Waals surface area (Å²) in [5.74, 6) is 2.68. The van der Waals surface area contributed by atoms with E-state index in [-0.39, 0.29) is 0 Å². The highest BCUT2D eigenvalue weighted by Crippen LogP contribution is 2.50. The molecular formula is C15H26O. The molecule has 0 bridgehead atoms. The lowest BCUT2D eigenvalue weighted by molar-refractivity contribution is -0.0208. The van der Waals surface area contributed by atoms with Crippen molar-refractivity contribution in [2.75, 3.05) is 0 Å². The molecule has 1 nitrogen and oxygen atoms in total. The zero-order valence-electron chi connectivity index (χ0n) is 11.0. The zero-order chi connectivity index (χ0) is 11.9. The fraction of sp³-hybridized carbons (Fsp3) is 0.867. The highest BCUT2D eigenvalue weighted by molar-refractivity contribution is 5.04. The Hall–Kier alpha value is -0.300. The molecule has 0 heterocycles. The molecule has 1 heteroatoms. The van der Waals surface area contributed by atoms with Crippen molar-refractivity contribution in [3.8, 4) is 0 Å². The molecule has 0 aromatic heterocycles. The van der Waals surface area contributed by atoms with Crippen LogP contribution in [0, 0.1) is 23.7 Å². The van der Waals surface area contributed by atoms with Crippen LogP contribution < -0.4 is 0 Å². The molecule has 0 radical (unpaired) electrons. The second-order valence-electron chi connectivity index (χ2n) is 6.50. The molecule has 0 amide bonds. The van der Waals surface area contributed by atoms with E-state index < -0.39 is 5.60 Å². The van der Waals surface area contributed by atoms with Gasteiger partial charge in [-0.1, -0.05) is 25.5 Å². The number of hydrogen-bond donors (Lipinski definition) is 1. The summed E-state index contributed by atoms with van der Waals surface area (Å²) in [5, 5.41) is 10.6.